The molecule has 3 aliphatic rings. The van der Waals surface area contributed by atoms with E-state index in [1.54, 1.807) is 11.3 Å². The van der Waals surface area contributed by atoms with E-state index in [2.05, 4.69) is 46.6 Å². The highest BCUT2D eigenvalue weighted by molar-refractivity contribution is 7.11. The highest BCUT2D eigenvalue weighted by Gasteiger charge is 2.58. The summed E-state index contributed by atoms with van der Waals surface area (Å²) in [6.45, 7) is 8.55. The van der Waals surface area contributed by atoms with Crippen molar-refractivity contribution >= 4 is 29.1 Å². The maximum absolute atomic E-state index is 12.8. The van der Waals surface area contributed by atoms with Gasteiger partial charge in [-0.15, -0.1) is 11.3 Å². The number of nitrogens with one attached hydrogen (secondary N) is 2. The molecule has 2 bridgehead atoms. The van der Waals surface area contributed by atoms with Crippen LogP contribution in [-0.4, -0.2) is 53.8 Å². The van der Waals surface area contributed by atoms with Gasteiger partial charge in [0.1, 0.15) is 0 Å². The standard InChI is InChI=1S/C22H31N5O2S/c1-4-16-13(3)30-17(26-16)8-9-24-22(23-5-2)25-10-11-27-20(28)18-14-6-7-15(12-14)19(18)21(27)29/h6-7,14-15,18-19H,4-5,8-12H2,1-3H3,(H2,23,24,25). The summed E-state index contributed by atoms with van der Waals surface area (Å²) >= 11 is 1.74. The molecular formula is C22H31N5O2S. The lowest BCUT2D eigenvalue weighted by Gasteiger charge is -2.18. The number of aromatic nitrogens is 1. The number of amides is 2. The number of hydrogen-bond donors (Lipinski definition) is 2. The van der Waals surface area contributed by atoms with Crippen LogP contribution in [0.25, 0.3) is 0 Å². The summed E-state index contributed by atoms with van der Waals surface area (Å²) in [6, 6.07) is 0. The molecular weight excluding hydrogens is 398 g/mol. The molecule has 2 aliphatic carbocycles. The zero-order chi connectivity index (χ0) is 21.3. The topological polar surface area (TPSA) is 86.7 Å². The second-order valence-electron chi connectivity index (χ2n) is 8.23. The van der Waals surface area contributed by atoms with E-state index >= 15 is 0 Å². The minimum atomic E-state index is -0.121. The van der Waals surface area contributed by atoms with Crippen LogP contribution in [0.4, 0.5) is 0 Å². The van der Waals surface area contributed by atoms with Crippen LogP contribution in [0.5, 0.6) is 0 Å². The average Bonchev–Trinajstić information content (AvgIpc) is 3.48. The zero-order valence-corrected chi connectivity index (χ0v) is 18.8. The lowest BCUT2D eigenvalue weighted by Crippen LogP contribution is -2.43. The summed E-state index contributed by atoms with van der Waals surface area (Å²) in [5, 5.41) is 7.62. The zero-order valence-electron chi connectivity index (χ0n) is 18.0. The molecule has 4 rings (SSSR count). The maximum atomic E-state index is 12.8. The van der Waals surface area contributed by atoms with Gasteiger partial charge in [-0.3, -0.25) is 19.5 Å². The van der Waals surface area contributed by atoms with Crippen molar-refractivity contribution in [2.24, 2.45) is 28.7 Å². The number of guanidine groups is 1. The molecule has 1 aromatic heterocycles. The van der Waals surface area contributed by atoms with Crippen molar-refractivity contribution in [3.8, 4) is 0 Å². The van der Waals surface area contributed by atoms with Crippen LogP contribution in [0, 0.1) is 30.6 Å². The van der Waals surface area contributed by atoms with Gasteiger partial charge in [-0.25, -0.2) is 4.98 Å². The number of carbonyl (C=O) groups is 2. The van der Waals surface area contributed by atoms with Gasteiger partial charge in [-0.05, 0) is 38.5 Å². The summed E-state index contributed by atoms with van der Waals surface area (Å²) in [4.78, 5) is 37.6. The van der Waals surface area contributed by atoms with Gasteiger partial charge >= 0.3 is 0 Å². The van der Waals surface area contributed by atoms with E-state index in [-0.39, 0.29) is 35.5 Å². The molecule has 4 unspecified atom stereocenters. The molecule has 1 aromatic rings. The quantitative estimate of drug-likeness (QED) is 0.285. The fourth-order valence-electron chi connectivity index (χ4n) is 5.00. The molecule has 1 saturated heterocycles. The Kier molecular flexibility index (Phi) is 6.22. The number of rotatable bonds is 8. The normalized spacial score (nSPS) is 27.3. The van der Waals surface area contributed by atoms with Gasteiger partial charge in [0.15, 0.2) is 5.96 Å². The minimum absolute atomic E-state index is 0.0106. The Hall–Kier alpha value is -2.22. The summed E-state index contributed by atoms with van der Waals surface area (Å²) in [6.07, 6.45) is 6.99. The largest absolute Gasteiger partial charge is 0.357 e. The van der Waals surface area contributed by atoms with Crippen LogP contribution < -0.4 is 10.6 Å². The molecule has 0 spiro atoms. The smallest absolute Gasteiger partial charge is 0.233 e. The average molecular weight is 430 g/mol. The van der Waals surface area contributed by atoms with Crippen molar-refractivity contribution in [2.45, 2.75) is 40.0 Å². The third-order valence-corrected chi connectivity index (χ3v) is 7.47. The van der Waals surface area contributed by atoms with Crippen molar-refractivity contribution in [3.05, 3.63) is 27.7 Å². The van der Waals surface area contributed by atoms with Crippen LogP contribution >= 0.6 is 11.3 Å². The summed E-state index contributed by atoms with van der Waals surface area (Å²) in [5.41, 5.74) is 1.18. The second-order valence-corrected chi connectivity index (χ2v) is 9.52. The molecule has 4 atom stereocenters. The maximum Gasteiger partial charge on any atom is 0.233 e. The molecule has 8 heteroatoms. The molecule has 0 radical (unpaired) electrons. The predicted molar refractivity (Wildman–Crippen MR) is 118 cm³/mol. The molecule has 162 valence electrons. The van der Waals surface area contributed by atoms with Crippen molar-refractivity contribution in [3.63, 3.8) is 0 Å². The van der Waals surface area contributed by atoms with E-state index in [1.165, 1.54) is 15.5 Å². The van der Waals surface area contributed by atoms with Crippen molar-refractivity contribution < 1.29 is 9.59 Å². The summed E-state index contributed by atoms with van der Waals surface area (Å²) in [5.74, 6) is 1.01. The lowest BCUT2D eigenvalue weighted by molar-refractivity contribution is -0.140. The van der Waals surface area contributed by atoms with E-state index < -0.39 is 0 Å². The van der Waals surface area contributed by atoms with Gasteiger partial charge in [-0.1, -0.05) is 19.1 Å². The van der Waals surface area contributed by atoms with E-state index in [9.17, 15) is 9.59 Å². The number of carbonyl (C=O) groups excluding carboxylic acids is 2. The van der Waals surface area contributed by atoms with Gasteiger partial charge in [0, 0.05) is 37.5 Å². The second kappa shape index (κ2) is 8.88. The highest BCUT2D eigenvalue weighted by atomic mass is 32.1. The third-order valence-electron chi connectivity index (χ3n) is 6.40. The first kappa shape index (κ1) is 21.0. The Bertz CT molecular complexity index is 847. The highest BCUT2D eigenvalue weighted by Crippen LogP contribution is 2.52. The molecule has 1 saturated carbocycles. The molecule has 2 fully saturated rings. The minimum Gasteiger partial charge on any atom is -0.357 e. The van der Waals surface area contributed by atoms with E-state index in [4.69, 9.17) is 0 Å². The fraction of sp³-hybridized carbons (Fsp3) is 0.636. The number of likely N-dealkylation sites (tertiary alicyclic amines) is 1. The van der Waals surface area contributed by atoms with Crippen LogP contribution in [0.2, 0.25) is 0 Å². The van der Waals surface area contributed by atoms with Crippen LogP contribution in [0.3, 0.4) is 0 Å². The van der Waals surface area contributed by atoms with Gasteiger partial charge < -0.3 is 10.6 Å². The van der Waals surface area contributed by atoms with E-state index in [0.717, 1.165) is 30.8 Å². The Morgan fingerprint density at radius 1 is 1.20 bits per heavy atom. The van der Waals surface area contributed by atoms with E-state index in [1.807, 2.05) is 6.92 Å². The molecule has 2 amide bonds. The Labute approximate surface area is 182 Å². The Morgan fingerprint density at radius 3 is 2.50 bits per heavy atom. The predicted octanol–water partition coefficient (Wildman–Crippen LogP) is 1.92. The molecule has 7 nitrogen and oxygen atoms in total. The first-order chi connectivity index (χ1) is 14.5. The van der Waals surface area contributed by atoms with Gasteiger partial charge in [0.05, 0.1) is 22.5 Å². The number of hydrogen-bond acceptors (Lipinski definition) is 5. The molecule has 0 aromatic carbocycles. The summed E-state index contributed by atoms with van der Waals surface area (Å²) < 4.78 is 0. The first-order valence-electron chi connectivity index (χ1n) is 11.0. The Balaban J connectivity index is 1.28. The van der Waals surface area contributed by atoms with Gasteiger partial charge in [0.25, 0.3) is 0 Å². The SMILES string of the molecule is CCNC(=NCCc1nc(CC)c(C)s1)NCCN1C(=O)C2C3C=CC(C3)C2C1=O. The van der Waals surface area contributed by atoms with Crippen LogP contribution in [0.1, 0.15) is 35.8 Å². The first-order valence-corrected chi connectivity index (χ1v) is 11.9. The van der Waals surface area contributed by atoms with Crippen LogP contribution in [0.15, 0.2) is 17.1 Å². The number of imide groups is 1. The lowest BCUT2D eigenvalue weighted by atomic mass is 9.85. The molecule has 30 heavy (non-hydrogen) atoms. The van der Waals surface area contributed by atoms with Crippen LogP contribution in [-0.2, 0) is 22.4 Å². The number of aliphatic imine (C=N–C) groups is 1. The molecule has 1 aliphatic heterocycles. The number of fused-ring (bicyclic) bond motifs is 5. The molecule has 2 N–H and O–H groups in total. The van der Waals surface area contributed by atoms with Gasteiger partial charge in [0.2, 0.25) is 11.8 Å². The van der Waals surface area contributed by atoms with Gasteiger partial charge in [-0.2, -0.15) is 0 Å². The Morgan fingerprint density at radius 2 is 1.90 bits per heavy atom. The fourth-order valence-corrected chi connectivity index (χ4v) is 6.01. The number of allylic oxidation sites excluding steroid dienone is 2. The summed E-state index contributed by atoms with van der Waals surface area (Å²) in [7, 11) is 0. The number of thiazole rings is 1. The number of aryl methyl sites for hydroxylation is 2. The van der Waals surface area contributed by atoms with Crippen molar-refractivity contribution in [1.82, 2.24) is 20.5 Å². The third kappa shape index (κ3) is 3.89. The monoisotopic (exact) mass is 429 g/mol. The van der Waals surface area contributed by atoms with Crippen molar-refractivity contribution in [2.75, 3.05) is 26.2 Å². The van der Waals surface area contributed by atoms with E-state index in [0.29, 0.717) is 25.6 Å². The number of nitrogens with zero attached hydrogens (tertiary/aromatic N) is 3. The van der Waals surface area contributed by atoms with Crippen molar-refractivity contribution in [1.29, 1.82) is 0 Å². The molecule has 2 heterocycles.